The zero-order valence-electron chi connectivity index (χ0n) is 9.16. The summed E-state index contributed by atoms with van der Waals surface area (Å²) in [7, 11) is 0. The van der Waals surface area contributed by atoms with E-state index in [4.69, 9.17) is 5.11 Å². The van der Waals surface area contributed by atoms with Gasteiger partial charge in [-0.25, -0.2) is 0 Å². The van der Waals surface area contributed by atoms with Crippen LogP contribution in [0.4, 0.5) is 0 Å². The number of hydrogen-bond donors (Lipinski definition) is 2. The van der Waals surface area contributed by atoms with Gasteiger partial charge in [0.25, 0.3) is 0 Å². The number of carbonyl (C=O) groups excluding carboxylic acids is 1. The number of nitrogens with one attached hydrogen (secondary N) is 1. The van der Waals surface area contributed by atoms with Crippen molar-refractivity contribution >= 4 is 23.2 Å². The van der Waals surface area contributed by atoms with E-state index in [1.165, 1.54) is 5.56 Å². The molecule has 0 aromatic carbocycles. The Hall–Kier alpha value is -1.36. The highest BCUT2D eigenvalue weighted by Gasteiger charge is 2.05. The maximum Gasteiger partial charge on any atom is 0.303 e. The van der Waals surface area contributed by atoms with Crippen LogP contribution in [-0.4, -0.2) is 17.0 Å². The quantitative estimate of drug-likeness (QED) is 0.799. The van der Waals surface area contributed by atoms with Gasteiger partial charge in [-0.1, -0.05) is 0 Å². The Labute approximate surface area is 98.3 Å². The molecule has 0 fully saturated rings. The molecule has 0 aliphatic heterocycles. The summed E-state index contributed by atoms with van der Waals surface area (Å²) in [6.07, 6.45) is 0.715. The van der Waals surface area contributed by atoms with E-state index in [0.29, 0.717) is 13.0 Å². The predicted octanol–water partition coefficient (Wildman–Crippen LogP) is 1.93. The standard InChI is InChI=1S/C11H15NO3S/c1-8-5-6-16-9(8)7-12-10(13)3-2-4-11(14)15/h5-6H,2-4,7H2,1H3,(H,12,13)(H,14,15). The SMILES string of the molecule is Cc1ccsc1CNC(=O)CCCC(=O)O. The van der Waals surface area contributed by atoms with E-state index in [0.717, 1.165) is 4.88 Å². The third kappa shape index (κ3) is 4.44. The van der Waals surface area contributed by atoms with Gasteiger partial charge in [-0.3, -0.25) is 9.59 Å². The molecule has 1 aromatic rings. The van der Waals surface area contributed by atoms with E-state index in [1.54, 1.807) is 11.3 Å². The van der Waals surface area contributed by atoms with Crippen LogP contribution in [-0.2, 0) is 16.1 Å². The van der Waals surface area contributed by atoms with E-state index < -0.39 is 5.97 Å². The largest absolute Gasteiger partial charge is 0.481 e. The molecule has 0 atom stereocenters. The van der Waals surface area contributed by atoms with Gasteiger partial charge in [0.2, 0.25) is 5.91 Å². The van der Waals surface area contributed by atoms with Crippen LogP contribution in [0.2, 0.25) is 0 Å². The number of carboxylic acid groups (broad SMARTS) is 1. The zero-order chi connectivity index (χ0) is 12.0. The molecule has 0 spiro atoms. The molecule has 0 radical (unpaired) electrons. The minimum atomic E-state index is -0.859. The first-order valence-corrected chi connectivity index (χ1v) is 5.99. The zero-order valence-corrected chi connectivity index (χ0v) is 9.97. The van der Waals surface area contributed by atoms with Crippen molar-refractivity contribution in [2.45, 2.75) is 32.7 Å². The van der Waals surface area contributed by atoms with Gasteiger partial charge in [0.05, 0.1) is 6.54 Å². The van der Waals surface area contributed by atoms with Gasteiger partial charge < -0.3 is 10.4 Å². The molecule has 1 rings (SSSR count). The van der Waals surface area contributed by atoms with Crippen LogP contribution in [0, 0.1) is 6.92 Å². The van der Waals surface area contributed by atoms with Crippen molar-refractivity contribution in [2.75, 3.05) is 0 Å². The van der Waals surface area contributed by atoms with Crippen molar-refractivity contribution < 1.29 is 14.7 Å². The minimum Gasteiger partial charge on any atom is -0.481 e. The number of thiophene rings is 1. The Kier molecular flexibility index (Phi) is 4.98. The van der Waals surface area contributed by atoms with E-state index in [9.17, 15) is 9.59 Å². The first kappa shape index (κ1) is 12.7. The lowest BCUT2D eigenvalue weighted by Crippen LogP contribution is -2.22. The topological polar surface area (TPSA) is 66.4 Å². The summed E-state index contributed by atoms with van der Waals surface area (Å²) in [5.74, 6) is -0.948. The van der Waals surface area contributed by atoms with Gasteiger partial charge in [-0.2, -0.15) is 0 Å². The number of aliphatic carboxylic acids is 1. The van der Waals surface area contributed by atoms with Crippen molar-refractivity contribution in [3.8, 4) is 0 Å². The summed E-state index contributed by atoms with van der Waals surface area (Å²) in [6.45, 7) is 2.54. The number of hydrogen-bond acceptors (Lipinski definition) is 3. The van der Waals surface area contributed by atoms with Crippen LogP contribution < -0.4 is 5.32 Å². The number of amides is 1. The van der Waals surface area contributed by atoms with Crippen molar-refractivity contribution in [2.24, 2.45) is 0 Å². The molecule has 0 aliphatic carbocycles. The Bertz CT molecular complexity index is 373. The lowest BCUT2D eigenvalue weighted by atomic mass is 10.2. The van der Waals surface area contributed by atoms with Crippen LogP contribution in [0.1, 0.15) is 29.7 Å². The summed E-state index contributed by atoms with van der Waals surface area (Å²) in [5.41, 5.74) is 1.18. The molecule has 1 amide bonds. The molecule has 4 nitrogen and oxygen atoms in total. The summed E-state index contributed by atoms with van der Waals surface area (Å²) in [4.78, 5) is 22.7. The lowest BCUT2D eigenvalue weighted by molar-refractivity contribution is -0.137. The van der Waals surface area contributed by atoms with Gasteiger partial charge in [0, 0.05) is 17.7 Å². The molecular formula is C11H15NO3S. The third-order valence-corrected chi connectivity index (χ3v) is 3.23. The Balaban J connectivity index is 2.20. The fraction of sp³-hybridized carbons (Fsp3) is 0.455. The summed E-state index contributed by atoms with van der Waals surface area (Å²) >= 11 is 1.61. The number of carboxylic acids is 1. The molecule has 0 saturated heterocycles. The van der Waals surface area contributed by atoms with Crippen molar-refractivity contribution in [1.82, 2.24) is 5.32 Å². The normalized spacial score (nSPS) is 10.1. The molecule has 1 aromatic heterocycles. The third-order valence-electron chi connectivity index (χ3n) is 2.21. The fourth-order valence-electron chi connectivity index (χ4n) is 1.25. The molecule has 2 N–H and O–H groups in total. The fourth-order valence-corrected chi connectivity index (χ4v) is 2.10. The average molecular weight is 241 g/mol. The summed E-state index contributed by atoms with van der Waals surface area (Å²) in [5, 5.41) is 13.2. The molecule has 16 heavy (non-hydrogen) atoms. The van der Waals surface area contributed by atoms with E-state index in [1.807, 2.05) is 18.4 Å². The number of carbonyl (C=O) groups is 2. The molecule has 0 aliphatic rings. The van der Waals surface area contributed by atoms with Crippen LogP contribution >= 0.6 is 11.3 Å². The van der Waals surface area contributed by atoms with E-state index in [-0.39, 0.29) is 18.7 Å². The van der Waals surface area contributed by atoms with Crippen LogP contribution in [0.15, 0.2) is 11.4 Å². The summed E-state index contributed by atoms with van der Waals surface area (Å²) in [6, 6.07) is 2.01. The van der Waals surface area contributed by atoms with Gasteiger partial charge in [-0.15, -0.1) is 11.3 Å². The Morgan fingerprint density at radius 3 is 2.75 bits per heavy atom. The molecule has 88 valence electrons. The molecule has 0 bridgehead atoms. The second-order valence-corrected chi connectivity index (χ2v) is 4.55. The number of rotatable bonds is 6. The second kappa shape index (κ2) is 6.27. The van der Waals surface area contributed by atoms with Crippen LogP contribution in [0.3, 0.4) is 0 Å². The average Bonchev–Trinajstić information content (AvgIpc) is 2.60. The number of aryl methyl sites for hydroxylation is 1. The van der Waals surface area contributed by atoms with Crippen molar-refractivity contribution in [1.29, 1.82) is 0 Å². The van der Waals surface area contributed by atoms with Gasteiger partial charge in [0.1, 0.15) is 0 Å². The van der Waals surface area contributed by atoms with Crippen LogP contribution in [0.5, 0.6) is 0 Å². The molecule has 5 heteroatoms. The lowest BCUT2D eigenvalue weighted by Gasteiger charge is -2.03. The first-order chi connectivity index (χ1) is 7.59. The van der Waals surface area contributed by atoms with E-state index >= 15 is 0 Å². The molecule has 0 unspecified atom stereocenters. The van der Waals surface area contributed by atoms with E-state index in [2.05, 4.69) is 5.32 Å². The minimum absolute atomic E-state index is 0.0471. The Morgan fingerprint density at radius 1 is 1.44 bits per heavy atom. The molecular weight excluding hydrogens is 226 g/mol. The second-order valence-electron chi connectivity index (χ2n) is 3.55. The van der Waals surface area contributed by atoms with Crippen molar-refractivity contribution in [3.63, 3.8) is 0 Å². The molecule has 0 saturated carbocycles. The highest BCUT2D eigenvalue weighted by Crippen LogP contribution is 2.14. The predicted molar refractivity (Wildman–Crippen MR) is 62.4 cm³/mol. The maximum absolute atomic E-state index is 11.3. The van der Waals surface area contributed by atoms with Crippen molar-refractivity contribution in [3.05, 3.63) is 21.9 Å². The van der Waals surface area contributed by atoms with Gasteiger partial charge >= 0.3 is 5.97 Å². The maximum atomic E-state index is 11.3. The first-order valence-electron chi connectivity index (χ1n) is 5.11. The summed E-state index contributed by atoms with van der Waals surface area (Å²) < 4.78 is 0. The Morgan fingerprint density at radius 2 is 2.19 bits per heavy atom. The molecule has 1 heterocycles. The van der Waals surface area contributed by atoms with Gasteiger partial charge in [0.15, 0.2) is 0 Å². The highest BCUT2D eigenvalue weighted by atomic mass is 32.1. The smallest absolute Gasteiger partial charge is 0.303 e. The van der Waals surface area contributed by atoms with Crippen LogP contribution in [0.25, 0.3) is 0 Å². The highest BCUT2D eigenvalue weighted by molar-refractivity contribution is 7.10. The van der Waals surface area contributed by atoms with Gasteiger partial charge in [-0.05, 0) is 30.4 Å². The monoisotopic (exact) mass is 241 g/mol.